The summed E-state index contributed by atoms with van der Waals surface area (Å²) >= 11 is 0. The molecule has 110 valence electrons. The molecule has 1 aliphatic rings. The molecule has 20 heavy (non-hydrogen) atoms. The number of hydrogen-bond donors (Lipinski definition) is 2. The van der Waals surface area contributed by atoms with Crippen LogP contribution in [0.25, 0.3) is 0 Å². The van der Waals surface area contributed by atoms with Crippen molar-refractivity contribution in [2.24, 2.45) is 0 Å². The monoisotopic (exact) mass is 278 g/mol. The lowest BCUT2D eigenvalue weighted by atomic mass is 10.0. The van der Waals surface area contributed by atoms with Gasteiger partial charge in [0.1, 0.15) is 12.4 Å². The van der Waals surface area contributed by atoms with Crippen LogP contribution in [0.1, 0.15) is 18.9 Å². The minimum absolute atomic E-state index is 0.0742. The van der Waals surface area contributed by atoms with Gasteiger partial charge < -0.3 is 15.2 Å². The summed E-state index contributed by atoms with van der Waals surface area (Å²) < 4.78 is 5.56. The second-order valence-electron chi connectivity index (χ2n) is 5.18. The van der Waals surface area contributed by atoms with E-state index in [4.69, 9.17) is 9.84 Å². The van der Waals surface area contributed by atoms with Gasteiger partial charge in [0.05, 0.1) is 12.2 Å². The summed E-state index contributed by atoms with van der Waals surface area (Å²) in [5.41, 5.74) is 2.23. The normalized spacial score (nSPS) is 15.2. The zero-order valence-electron chi connectivity index (χ0n) is 12.1. The van der Waals surface area contributed by atoms with Crippen LogP contribution in [-0.2, 0) is 11.2 Å². The molecule has 0 radical (unpaired) electrons. The lowest BCUT2D eigenvalue weighted by Gasteiger charge is -2.26. The zero-order chi connectivity index (χ0) is 14.5. The molecule has 0 spiro atoms. The Bertz CT molecular complexity index is 476. The maximum absolute atomic E-state index is 10.8. The quantitative estimate of drug-likeness (QED) is 0.831. The maximum atomic E-state index is 10.8. The van der Waals surface area contributed by atoms with Crippen molar-refractivity contribution in [2.75, 3.05) is 32.1 Å². The van der Waals surface area contributed by atoms with E-state index in [2.05, 4.69) is 24.4 Å². The summed E-state index contributed by atoms with van der Waals surface area (Å²) in [6.45, 7) is 3.69. The fourth-order valence-electron chi connectivity index (χ4n) is 2.54. The molecule has 2 rings (SSSR count). The number of carboxylic acids is 1. The third-order valence-electron chi connectivity index (χ3n) is 3.67. The smallest absolute Gasteiger partial charge is 0.317 e. The minimum atomic E-state index is -0.786. The van der Waals surface area contributed by atoms with Crippen molar-refractivity contribution in [3.8, 4) is 5.75 Å². The number of anilines is 1. The molecular weight excluding hydrogens is 256 g/mol. The molecule has 0 bridgehead atoms. The number of rotatable bonds is 6. The standard InChI is InChI=1S/C15H22N2O3/c1-3-12(17(2)10-15(18)19)8-11-4-5-14-13(9-11)16-6-7-20-14/h4-5,9,12,16H,3,6-8,10H2,1-2H3,(H,18,19). The predicted molar refractivity (Wildman–Crippen MR) is 78.5 cm³/mol. The average molecular weight is 278 g/mol. The van der Waals surface area contributed by atoms with Gasteiger partial charge in [-0.3, -0.25) is 9.69 Å². The fourth-order valence-corrected chi connectivity index (χ4v) is 2.54. The number of fused-ring (bicyclic) bond motifs is 1. The van der Waals surface area contributed by atoms with E-state index >= 15 is 0 Å². The van der Waals surface area contributed by atoms with Crippen molar-refractivity contribution in [2.45, 2.75) is 25.8 Å². The number of ether oxygens (including phenoxy) is 1. The Morgan fingerprint density at radius 3 is 3.05 bits per heavy atom. The second-order valence-corrected chi connectivity index (χ2v) is 5.18. The molecule has 1 aliphatic heterocycles. The lowest BCUT2D eigenvalue weighted by Crippen LogP contribution is -2.36. The summed E-state index contributed by atoms with van der Waals surface area (Å²) in [4.78, 5) is 12.7. The highest BCUT2D eigenvalue weighted by molar-refractivity contribution is 5.69. The van der Waals surface area contributed by atoms with Crippen LogP contribution in [0.3, 0.4) is 0 Å². The molecule has 1 heterocycles. The third-order valence-corrected chi connectivity index (χ3v) is 3.67. The average Bonchev–Trinajstić information content (AvgIpc) is 2.43. The van der Waals surface area contributed by atoms with Gasteiger partial charge in [-0.05, 0) is 37.6 Å². The topological polar surface area (TPSA) is 61.8 Å². The molecule has 1 unspecified atom stereocenters. The molecule has 1 atom stereocenters. The molecule has 2 N–H and O–H groups in total. The second kappa shape index (κ2) is 6.61. The summed E-state index contributed by atoms with van der Waals surface area (Å²) in [6, 6.07) is 6.38. The van der Waals surface area contributed by atoms with Crippen LogP contribution in [0.5, 0.6) is 5.75 Å². The molecule has 1 aromatic rings. The van der Waals surface area contributed by atoms with E-state index in [0.29, 0.717) is 6.61 Å². The molecule has 0 aliphatic carbocycles. The van der Waals surface area contributed by atoms with Crippen molar-refractivity contribution >= 4 is 11.7 Å². The molecule has 0 saturated heterocycles. The summed E-state index contributed by atoms with van der Waals surface area (Å²) in [5, 5.41) is 12.2. The Hall–Kier alpha value is -1.75. The van der Waals surface area contributed by atoms with Crippen molar-refractivity contribution in [1.82, 2.24) is 4.90 Å². The molecule has 5 nitrogen and oxygen atoms in total. The van der Waals surface area contributed by atoms with Crippen molar-refractivity contribution < 1.29 is 14.6 Å². The van der Waals surface area contributed by atoms with E-state index < -0.39 is 5.97 Å². The summed E-state index contributed by atoms with van der Waals surface area (Å²) in [7, 11) is 1.86. The lowest BCUT2D eigenvalue weighted by molar-refractivity contribution is -0.138. The van der Waals surface area contributed by atoms with Gasteiger partial charge in [0.2, 0.25) is 0 Å². The van der Waals surface area contributed by atoms with E-state index in [1.54, 1.807) is 0 Å². The SMILES string of the molecule is CCC(Cc1ccc2c(c1)NCCO2)N(C)CC(=O)O. The molecule has 0 amide bonds. The van der Waals surface area contributed by atoms with Gasteiger partial charge in [-0.2, -0.15) is 0 Å². The highest BCUT2D eigenvalue weighted by atomic mass is 16.5. The van der Waals surface area contributed by atoms with Crippen LogP contribution < -0.4 is 10.1 Å². The molecular formula is C15H22N2O3. The third kappa shape index (κ3) is 3.63. The molecule has 1 aromatic carbocycles. The van der Waals surface area contributed by atoms with E-state index in [0.717, 1.165) is 30.8 Å². The van der Waals surface area contributed by atoms with Crippen LogP contribution in [-0.4, -0.2) is 48.8 Å². The highest BCUT2D eigenvalue weighted by Gasteiger charge is 2.17. The Morgan fingerprint density at radius 1 is 1.55 bits per heavy atom. The van der Waals surface area contributed by atoms with Gasteiger partial charge in [0.15, 0.2) is 0 Å². The first-order valence-corrected chi connectivity index (χ1v) is 7.01. The summed E-state index contributed by atoms with van der Waals surface area (Å²) in [6.07, 6.45) is 1.76. The first-order chi connectivity index (χ1) is 9.60. The van der Waals surface area contributed by atoms with E-state index in [9.17, 15) is 4.79 Å². The molecule has 0 aromatic heterocycles. The van der Waals surface area contributed by atoms with Gasteiger partial charge in [-0.15, -0.1) is 0 Å². The fraction of sp³-hybridized carbons (Fsp3) is 0.533. The zero-order valence-corrected chi connectivity index (χ0v) is 12.1. The molecule has 0 fully saturated rings. The molecule has 0 saturated carbocycles. The number of hydrogen-bond acceptors (Lipinski definition) is 4. The first-order valence-electron chi connectivity index (χ1n) is 7.01. The van der Waals surface area contributed by atoms with E-state index in [1.165, 1.54) is 5.56 Å². The minimum Gasteiger partial charge on any atom is -0.490 e. The van der Waals surface area contributed by atoms with Crippen molar-refractivity contribution in [1.29, 1.82) is 0 Å². The van der Waals surface area contributed by atoms with Gasteiger partial charge in [0.25, 0.3) is 0 Å². The van der Waals surface area contributed by atoms with E-state index in [1.807, 2.05) is 18.0 Å². The largest absolute Gasteiger partial charge is 0.490 e. The maximum Gasteiger partial charge on any atom is 0.317 e. The Kier molecular flexibility index (Phi) is 4.84. The van der Waals surface area contributed by atoms with E-state index in [-0.39, 0.29) is 12.6 Å². The van der Waals surface area contributed by atoms with Crippen LogP contribution in [0.15, 0.2) is 18.2 Å². The number of likely N-dealkylation sites (N-methyl/N-ethyl adjacent to an activating group) is 1. The van der Waals surface area contributed by atoms with Crippen LogP contribution in [0.2, 0.25) is 0 Å². The van der Waals surface area contributed by atoms with Crippen LogP contribution in [0, 0.1) is 0 Å². The number of aliphatic carboxylic acids is 1. The van der Waals surface area contributed by atoms with Crippen molar-refractivity contribution in [3.05, 3.63) is 23.8 Å². The van der Waals surface area contributed by atoms with Gasteiger partial charge >= 0.3 is 5.97 Å². The number of carbonyl (C=O) groups is 1. The van der Waals surface area contributed by atoms with Gasteiger partial charge in [-0.1, -0.05) is 13.0 Å². The van der Waals surface area contributed by atoms with Crippen LogP contribution in [0.4, 0.5) is 5.69 Å². The number of nitrogens with zero attached hydrogens (tertiary/aromatic N) is 1. The van der Waals surface area contributed by atoms with Crippen molar-refractivity contribution in [3.63, 3.8) is 0 Å². The Morgan fingerprint density at radius 2 is 2.35 bits per heavy atom. The highest BCUT2D eigenvalue weighted by Crippen LogP contribution is 2.28. The number of benzene rings is 1. The Labute approximate surface area is 119 Å². The van der Waals surface area contributed by atoms with Gasteiger partial charge in [-0.25, -0.2) is 0 Å². The molecule has 5 heteroatoms. The predicted octanol–water partition coefficient (Wildman–Crippen LogP) is 1.83. The van der Waals surface area contributed by atoms with Crippen LogP contribution >= 0.6 is 0 Å². The summed E-state index contributed by atoms with van der Waals surface area (Å²) in [5.74, 6) is 0.110. The Balaban J connectivity index is 2.05. The number of nitrogens with one attached hydrogen (secondary N) is 1. The number of carboxylic acid groups (broad SMARTS) is 1. The first kappa shape index (κ1) is 14.7. The van der Waals surface area contributed by atoms with Gasteiger partial charge in [0, 0.05) is 12.6 Å².